The fourth-order valence-electron chi connectivity index (χ4n) is 1.77. The van der Waals surface area contributed by atoms with E-state index in [9.17, 15) is 9.59 Å². The number of ketones is 1. The minimum Gasteiger partial charge on any atom is -0.480 e. The average molecular weight is 289 g/mol. The van der Waals surface area contributed by atoms with E-state index in [0.717, 1.165) is 0 Å². The van der Waals surface area contributed by atoms with E-state index in [2.05, 4.69) is 5.32 Å². The highest BCUT2D eigenvalue weighted by molar-refractivity contribution is 6.42. The molecule has 1 aliphatic heterocycles. The van der Waals surface area contributed by atoms with Crippen molar-refractivity contribution in [1.82, 2.24) is 5.32 Å². The van der Waals surface area contributed by atoms with Crippen LogP contribution in [0.3, 0.4) is 0 Å². The summed E-state index contributed by atoms with van der Waals surface area (Å²) in [5.74, 6) is -1.50. The lowest BCUT2D eigenvalue weighted by molar-refractivity contribution is -0.139. The van der Waals surface area contributed by atoms with Gasteiger partial charge in [0.1, 0.15) is 6.04 Å². The predicted octanol–water partition coefficient (Wildman–Crippen LogP) is 0.930. The molecule has 2 atom stereocenters. The highest BCUT2D eigenvalue weighted by atomic mass is 35.5. The fourth-order valence-corrected chi connectivity index (χ4v) is 2.07. The first-order valence-corrected chi connectivity index (χ1v) is 5.88. The maximum Gasteiger partial charge on any atom is 0.327 e. The molecule has 0 bridgehead atoms. The number of hydrogen-bond donors (Lipinski definition) is 3. The van der Waals surface area contributed by atoms with Crippen LogP contribution < -0.4 is 11.1 Å². The summed E-state index contributed by atoms with van der Waals surface area (Å²) in [5, 5.41) is 12.2. The lowest BCUT2D eigenvalue weighted by atomic mass is 9.98. The first kappa shape index (κ1) is 13.3. The second-order valence-electron chi connectivity index (χ2n) is 4.05. The monoisotopic (exact) mass is 288 g/mol. The summed E-state index contributed by atoms with van der Waals surface area (Å²) in [4.78, 5) is 23.1. The van der Waals surface area contributed by atoms with Crippen molar-refractivity contribution in [3.63, 3.8) is 0 Å². The largest absolute Gasteiger partial charge is 0.480 e. The molecule has 4 N–H and O–H groups in total. The van der Waals surface area contributed by atoms with E-state index in [4.69, 9.17) is 34.0 Å². The number of nitrogens with two attached hydrogens (primary N) is 1. The van der Waals surface area contributed by atoms with Gasteiger partial charge in [-0.1, -0.05) is 23.2 Å². The summed E-state index contributed by atoms with van der Waals surface area (Å²) in [7, 11) is 0. The van der Waals surface area contributed by atoms with Gasteiger partial charge in [0.2, 0.25) is 0 Å². The van der Waals surface area contributed by atoms with E-state index in [1.165, 1.54) is 18.2 Å². The van der Waals surface area contributed by atoms with Gasteiger partial charge in [-0.05, 0) is 18.2 Å². The molecule has 0 spiro atoms. The van der Waals surface area contributed by atoms with Gasteiger partial charge in [0.15, 0.2) is 11.3 Å². The van der Waals surface area contributed by atoms with Crippen molar-refractivity contribution in [1.29, 1.82) is 0 Å². The highest BCUT2D eigenvalue weighted by Crippen LogP contribution is 2.31. The Labute approximate surface area is 113 Å². The summed E-state index contributed by atoms with van der Waals surface area (Å²) in [6.45, 7) is -0.153. The molecule has 1 fully saturated rings. The van der Waals surface area contributed by atoms with Gasteiger partial charge in [-0.3, -0.25) is 14.9 Å². The zero-order chi connectivity index (χ0) is 13.5. The van der Waals surface area contributed by atoms with Gasteiger partial charge in [-0.2, -0.15) is 0 Å². The van der Waals surface area contributed by atoms with Crippen molar-refractivity contribution >= 4 is 35.0 Å². The molecule has 7 heteroatoms. The smallest absolute Gasteiger partial charge is 0.327 e. The Morgan fingerprint density at radius 3 is 2.50 bits per heavy atom. The van der Waals surface area contributed by atoms with Crippen molar-refractivity contribution in [3.05, 3.63) is 33.8 Å². The van der Waals surface area contributed by atoms with Crippen LogP contribution in [0.15, 0.2) is 18.2 Å². The number of hydrogen-bond acceptors (Lipinski definition) is 4. The molecule has 1 aromatic rings. The van der Waals surface area contributed by atoms with Gasteiger partial charge in [-0.25, -0.2) is 0 Å². The van der Waals surface area contributed by atoms with Gasteiger partial charge < -0.3 is 10.8 Å². The second kappa shape index (κ2) is 4.51. The lowest BCUT2D eigenvalue weighted by Crippen LogP contribution is -2.39. The molecule has 18 heavy (non-hydrogen) atoms. The Balaban J connectivity index is 2.24. The van der Waals surface area contributed by atoms with Crippen LogP contribution in [-0.2, 0) is 4.79 Å². The van der Waals surface area contributed by atoms with Crippen LogP contribution in [0.2, 0.25) is 10.0 Å². The third-order valence-electron chi connectivity index (χ3n) is 2.98. The maximum absolute atomic E-state index is 12.1. The van der Waals surface area contributed by atoms with Crippen molar-refractivity contribution < 1.29 is 14.7 Å². The van der Waals surface area contributed by atoms with Crippen LogP contribution in [0.4, 0.5) is 0 Å². The molecular weight excluding hydrogens is 279 g/mol. The molecule has 2 rings (SSSR count). The Kier molecular flexibility index (Phi) is 3.33. The summed E-state index contributed by atoms with van der Waals surface area (Å²) in [5.41, 5.74) is 4.33. The second-order valence-corrected chi connectivity index (χ2v) is 4.87. The third kappa shape index (κ3) is 1.99. The molecule has 96 valence electrons. The molecule has 1 saturated heterocycles. The van der Waals surface area contributed by atoms with Gasteiger partial charge in [0.05, 0.1) is 10.0 Å². The summed E-state index contributed by atoms with van der Waals surface area (Å²) in [6.07, 6.45) is 0. The van der Waals surface area contributed by atoms with Gasteiger partial charge in [0.25, 0.3) is 0 Å². The third-order valence-corrected chi connectivity index (χ3v) is 3.72. The SMILES string of the molecule is NCC1(C(=O)O)NC1C(=O)c1ccc(Cl)c(Cl)c1. The van der Waals surface area contributed by atoms with Gasteiger partial charge in [0, 0.05) is 12.1 Å². The number of aliphatic carboxylic acids is 1. The fraction of sp³-hybridized carbons (Fsp3) is 0.273. The zero-order valence-corrected chi connectivity index (χ0v) is 10.6. The predicted molar refractivity (Wildman–Crippen MR) is 67.1 cm³/mol. The molecule has 1 aliphatic rings. The van der Waals surface area contributed by atoms with Gasteiger partial charge >= 0.3 is 5.97 Å². The Bertz CT molecular complexity index is 535. The molecule has 0 radical (unpaired) electrons. The minimum absolute atomic E-state index is 0.153. The van der Waals surface area contributed by atoms with Crippen molar-refractivity contribution in [2.24, 2.45) is 5.73 Å². The Morgan fingerprint density at radius 2 is 2.06 bits per heavy atom. The van der Waals surface area contributed by atoms with Crippen LogP contribution >= 0.6 is 23.2 Å². The van der Waals surface area contributed by atoms with E-state index in [1.807, 2.05) is 0 Å². The van der Waals surface area contributed by atoms with E-state index in [1.54, 1.807) is 0 Å². The highest BCUT2D eigenvalue weighted by Gasteiger charge is 2.62. The minimum atomic E-state index is -1.36. The number of nitrogens with one attached hydrogen (secondary N) is 1. The number of rotatable bonds is 4. The molecule has 0 aliphatic carbocycles. The lowest BCUT2D eigenvalue weighted by Gasteiger charge is -2.06. The van der Waals surface area contributed by atoms with E-state index >= 15 is 0 Å². The number of carboxylic acids is 1. The summed E-state index contributed by atoms with van der Waals surface area (Å²) < 4.78 is 0. The molecule has 0 aromatic heterocycles. The molecular formula is C11H10Cl2N2O3. The van der Waals surface area contributed by atoms with Crippen LogP contribution in [0.25, 0.3) is 0 Å². The first-order valence-electron chi connectivity index (χ1n) is 5.13. The number of carbonyl (C=O) groups excluding carboxylic acids is 1. The Hall–Kier alpha value is -1.14. The van der Waals surface area contributed by atoms with Crippen LogP contribution in [0.5, 0.6) is 0 Å². The first-order chi connectivity index (χ1) is 8.42. The molecule has 5 nitrogen and oxygen atoms in total. The standard InChI is InChI=1S/C11H10Cl2N2O3/c12-6-2-1-5(3-7(6)13)8(16)9-11(4-14,15-9)10(17)18/h1-3,9,15H,4,14H2,(H,17,18). The number of Topliss-reactive ketones (excluding diaryl/α,β-unsaturated/α-hetero) is 1. The van der Waals surface area contributed by atoms with Gasteiger partial charge in [-0.15, -0.1) is 0 Å². The van der Waals surface area contributed by atoms with Crippen LogP contribution in [0.1, 0.15) is 10.4 Å². The quantitative estimate of drug-likeness (QED) is 0.565. The van der Waals surface area contributed by atoms with E-state index < -0.39 is 17.6 Å². The number of carbonyl (C=O) groups is 2. The molecule has 2 unspecified atom stereocenters. The molecule has 1 aromatic carbocycles. The number of halogens is 2. The van der Waals surface area contributed by atoms with Crippen molar-refractivity contribution in [3.8, 4) is 0 Å². The molecule has 0 amide bonds. The van der Waals surface area contributed by atoms with Crippen LogP contribution in [0, 0.1) is 0 Å². The van der Waals surface area contributed by atoms with Crippen LogP contribution in [-0.4, -0.2) is 35.0 Å². The number of benzene rings is 1. The van der Waals surface area contributed by atoms with E-state index in [0.29, 0.717) is 10.6 Å². The van der Waals surface area contributed by atoms with Crippen molar-refractivity contribution in [2.45, 2.75) is 11.6 Å². The summed E-state index contributed by atoms with van der Waals surface area (Å²) in [6, 6.07) is 3.58. The molecule has 1 heterocycles. The number of carboxylic acid groups (broad SMARTS) is 1. The zero-order valence-electron chi connectivity index (χ0n) is 9.11. The normalized spacial score (nSPS) is 25.8. The van der Waals surface area contributed by atoms with Crippen molar-refractivity contribution in [2.75, 3.05) is 6.54 Å². The summed E-state index contributed by atoms with van der Waals surface area (Å²) >= 11 is 11.5. The Morgan fingerprint density at radius 1 is 1.39 bits per heavy atom. The maximum atomic E-state index is 12.1. The molecule has 0 saturated carbocycles. The van der Waals surface area contributed by atoms with E-state index in [-0.39, 0.29) is 17.4 Å². The average Bonchev–Trinajstić information content (AvgIpc) is 3.08. The topological polar surface area (TPSA) is 102 Å².